The number of anilines is 1. The van der Waals surface area contributed by atoms with E-state index in [1.807, 2.05) is 0 Å². The van der Waals surface area contributed by atoms with Gasteiger partial charge in [0.25, 0.3) is 0 Å². The Morgan fingerprint density at radius 3 is 2.81 bits per heavy atom. The van der Waals surface area contributed by atoms with E-state index < -0.39 is 11.2 Å². The van der Waals surface area contributed by atoms with Gasteiger partial charge < -0.3 is 0 Å². The molecule has 0 atom stereocenters. The molecule has 3 heteroatoms. The Morgan fingerprint density at radius 2 is 2.19 bits per heavy atom. The molecule has 1 aromatic carbocycles. The molecule has 0 saturated heterocycles. The predicted octanol–water partition coefficient (Wildman–Crippen LogP) is 2.08. The zero-order chi connectivity index (χ0) is 11.9. The highest BCUT2D eigenvalue weighted by molar-refractivity contribution is 6.07. The minimum Gasteiger partial charge on any atom is -0.297 e. The highest BCUT2D eigenvalue weighted by atomic mass is 19.1. The van der Waals surface area contributed by atoms with Crippen molar-refractivity contribution in [3.05, 3.63) is 29.6 Å². The second-order valence-electron chi connectivity index (χ2n) is 4.36. The van der Waals surface area contributed by atoms with E-state index in [1.54, 1.807) is 26.0 Å². The first kappa shape index (κ1) is 10.7. The molecule has 0 saturated carbocycles. The van der Waals surface area contributed by atoms with Crippen LogP contribution in [-0.4, -0.2) is 12.5 Å². The largest absolute Gasteiger partial charge is 0.297 e. The molecule has 82 valence electrons. The first-order valence-corrected chi connectivity index (χ1v) is 5.04. The molecule has 1 aliphatic heterocycles. The fourth-order valence-electron chi connectivity index (χ4n) is 2.09. The minimum absolute atomic E-state index is 0.107. The van der Waals surface area contributed by atoms with E-state index in [-0.39, 0.29) is 12.5 Å². The van der Waals surface area contributed by atoms with Crippen molar-refractivity contribution < 1.29 is 9.18 Å². The number of terminal acetylenes is 1. The summed E-state index contributed by atoms with van der Waals surface area (Å²) in [6, 6.07) is 4.73. The normalized spacial score (nSPS) is 17.1. The van der Waals surface area contributed by atoms with Crippen LogP contribution in [0.4, 0.5) is 10.1 Å². The summed E-state index contributed by atoms with van der Waals surface area (Å²) >= 11 is 0. The number of carbonyl (C=O) groups excluding carboxylic acids is 1. The molecule has 1 aromatic rings. The van der Waals surface area contributed by atoms with Gasteiger partial charge in [-0.1, -0.05) is 18.1 Å². The van der Waals surface area contributed by atoms with Crippen LogP contribution in [0.15, 0.2) is 18.2 Å². The van der Waals surface area contributed by atoms with Crippen molar-refractivity contribution in [1.82, 2.24) is 0 Å². The average Bonchev–Trinajstić information content (AvgIpc) is 2.42. The number of fused-ring (bicyclic) bond motifs is 1. The van der Waals surface area contributed by atoms with Gasteiger partial charge >= 0.3 is 0 Å². The summed E-state index contributed by atoms with van der Waals surface area (Å²) in [6.45, 7) is 3.67. The molecule has 1 aliphatic rings. The lowest BCUT2D eigenvalue weighted by Gasteiger charge is -2.18. The van der Waals surface area contributed by atoms with Crippen LogP contribution in [0.25, 0.3) is 0 Å². The molecule has 0 aromatic heterocycles. The molecule has 2 nitrogen and oxygen atoms in total. The number of carbonyl (C=O) groups is 1. The van der Waals surface area contributed by atoms with Gasteiger partial charge in [0.05, 0.1) is 17.6 Å². The topological polar surface area (TPSA) is 20.3 Å². The SMILES string of the molecule is C#CCN1C(=O)C(C)(C)c2cccc(F)c21. The Balaban J connectivity index is 2.66. The standard InChI is InChI=1S/C13H12FNO/c1-4-8-15-11-9(6-5-7-10(11)14)13(2,3)12(15)16/h1,5-7H,8H2,2-3H3. The van der Waals surface area contributed by atoms with Gasteiger partial charge in [-0.2, -0.15) is 0 Å². The van der Waals surface area contributed by atoms with Gasteiger partial charge in [0.2, 0.25) is 5.91 Å². The molecule has 0 fully saturated rings. The maximum Gasteiger partial charge on any atom is 0.238 e. The van der Waals surface area contributed by atoms with Gasteiger partial charge in [-0.15, -0.1) is 6.42 Å². The van der Waals surface area contributed by atoms with E-state index in [1.165, 1.54) is 11.0 Å². The minimum atomic E-state index is -0.700. The van der Waals surface area contributed by atoms with Crippen LogP contribution in [0, 0.1) is 18.2 Å². The summed E-state index contributed by atoms with van der Waals surface area (Å²) < 4.78 is 13.7. The average molecular weight is 217 g/mol. The van der Waals surface area contributed by atoms with E-state index in [2.05, 4.69) is 5.92 Å². The molecule has 2 rings (SSSR count). The monoisotopic (exact) mass is 217 g/mol. The Labute approximate surface area is 94.1 Å². The quantitative estimate of drug-likeness (QED) is 0.659. The van der Waals surface area contributed by atoms with Gasteiger partial charge in [0.15, 0.2) is 0 Å². The lowest BCUT2D eigenvalue weighted by molar-refractivity contribution is -0.121. The first-order chi connectivity index (χ1) is 7.50. The first-order valence-electron chi connectivity index (χ1n) is 5.04. The molecule has 1 amide bonds. The Hall–Kier alpha value is -1.82. The van der Waals surface area contributed by atoms with Crippen LogP contribution >= 0.6 is 0 Å². The molecule has 0 unspecified atom stereocenters. The van der Waals surface area contributed by atoms with E-state index in [9.17, 15) is 9.18 Å². The Bertz CT molecular complexity index is 499. The zero-order valence-corrected chi connectivity index (χ0v) is 9.25. The van der Waals surface area contributed by atoms with Crippen LogP contribution in [0.1, 0.15) is 19.4 Å². The zero-order valence-electron chi connectivity index (χ0n) is 9.25. The number of hydrogen-bond acceptors (Lipinski definition) is 1. The molecule has 0 spiro atoms. The summed E-state index contributed by atoms with van der Waals surface area (Å²) in [4.78, 5) is 13.4. The highest BCUT2D eigenvalue weighted by Crippen LogP contribution is 2.42. The summed E-state index contributed by atoms with van der Waals surface area (Å²) in [5.41, 5.74) is 0.331. The predicted molar refractivity (Wildman–Crippen MR) is 60.6 cm³/mol. The van der Waals surface area contributed by atoms with Gasteiger partial charge in [0, 0.05) is 0 Å². The van der Waals surface area contributed by atoms with E-state index in [4.69, 9.17) is 6.42 Å². The third kappa shape index (κ3) is 1.23. The van der Waals surface area contributed by atoms with Gasteiger partial charge in [-0.25, -0.2) is 4.39 Å². The Kier molecular flexibility index (Phi) is 2.23. The third-order valence-electron chi connectivity index (χ3n) is 2.96. The van der Waals surface area contributed by atoms with E-state index in [0.717, 1.165) is 0 Å². The smallest absolute Gasteiger partial charge is 0.238 e. The van der Waals surface area contributed by atoms with Gasteiger partial charge in [-0.3, -0.25) is 9.69 Å². The number of para-hydroxylation sites is 1. The molecule has 16 heavy (non-hydrogen) atoms. The number of hydrogen-bond donors (Lipinski definition) is 0. The van der Waals surface area contributed by atoms with Crippen LogP contribution < -0.4 is 4.90 Å². The molecule has 1 heterocycles. The number of nitrogens with zero attached hydrogens (tertiary/aromatic N) is 1. The van der Waals surface area contributed by atoms with Crippen molar-refractivity contribution >= 4 is 11.6 Å². The van der Waals surface area contributed by atoms with E-state index >= 15 is 0 Å². The van der Waals surface area contributed by atoms with Crippen molar-refractivity contribution in [2.24, 2.45) is 0 Å². The van der Waals surface area contributed by atoms with Crippen molar-refractivity contribution in [2.75, 3.05) is 11.4 Å². The van der Waals surface area contributed by atoms with Crippen molar-refractivity contribution in [2.45, 2.75) is 19.3 Å². The lowest BCUT2D eigenvalue weighted by Crippen LogP contribution is -2.36. The van der Waals surface area contributed by atoms with Crippen LogP contribution in [-0.2, 0) is 10.2 Å². The summed E-state index contributed by atoms with van der Waals surface area (Å²) in [5, 5.41) is 0. The third-order valence-corrected chi connectivity index (χ3v) is 2.96. The van der Waals surface area contributed by atoms with E-state index in [0.29, 0.717) is 11.3 Å². The number of halogens is 1. The van der Waals surface area contributed by atoms with Gasteiger partial charge in [0.1, 0.15) is 5.82 Å². The van der Waals surface area contributed by atoms with Crippen molar-refractivity contribution in [1.29, 1.82) is 0 Å². The fourth-order valence-corrected chi connectivity index (χ4v) is 2.09. The molecule has 0 N–H and O–H groups in total. The Morgan fingerprint density at radius 1 is 1.50 bits per heavy atom. The van der Waals surface area contributed by atoms with Crippen molar-refractivity contribution in [3.63, 3.8) is 0 Å². The molecular formula is C13H12FNO. The van der Waals surface area contributed by atoms with Gasteiger partial charge in [-0.05, 0) is 25.5 Å². The number of amides is 1. The molecule has 0 radical (unpaired) electrons. The molecule has 0 bridgehead atoms. The summed E-state index contributed by atoms with van der Waals surface area (Å²) in [7, 11) is 0. The summed E-state index contributed by atoms with van der Waals surface area (Å²) in [6.07, 6.45) is 5.20. The molecule has 0 aliphatic carbocycles. The second kappa shape index (κ2) is 3.34. The number of benzene rings is 1. The second-order valence-corrected chi connectivity index (χ2v) is 4.36. The highest BCUT2D eigenvalue weighted by Gasteiger charge is 2.44. The summed E-state index contributed by atoms with van der Waals surface area (Å²) in [5.74, 6) is 1.84. The fraction of sp³-hybridized carbons (Fsp3) is 0.308. The van der Waals surface area contributed by atoms with Crippen LogP contribution in [0.3, 0.4) is 0 Å². The maximum atomic E-state index is 13.7. The number of rotatable bonds is 1. The van der Waals surface area contributed by atoms with Crippen LogP contribution in [0.5, 0.6) is 0 Å². The lowest BCUT2D eigenvalue weighted by atomic mass is 9.86. The van der Waals surface area contributed by atoms with Crippen molar-refractivity contribution in [3.8, 4) is 12.3 Å². The van der Waals surface area contributed by atoms with Crippen LogP contribution in [0.2, 0.25) is 0 Å². The maximum absolute atomic E-state index is 13.7. The molecular weight excluding hydrogens is 205 g/mol.